The molecular formula is C21H18BrClFNO2. The first-order valence-corrected chi connectivity index (χ1v) is 9.40. The molecule has 0 fully saturated rings. The Morgan fingerprint density at radius 1 is 1.11 bits per heavy atom. The highest BCUT2D eigenvalue weighted by molar-refractivity contribution is 9.10. The minimum absolute atomic E-state index is 0.144. The van der Waals surface area contributed by atoms with E-state index >= 15 is 0 Å². The van der Waals surface area contributed by atoms with Crippen LogP contribution in [-0.4, -0.2) is 12.2 Å². The molecular weight excluding hydrogens is 433 g/mol. The molecule has 3 nitrogen and oxygen atoms in total. The molecule has 140 valence electrons. The Hall–Kier alpha value is -2.08. The highest BCUT2D eigenvalue weighted by Gasteiger charge is 2.14. The molecule has 0 spiro atoms. The first-order valence-electron chi connectivity index (χ1n) is 8.23. The number of hydrogen-bond acceptors (Lipinski definition) is 3. The van der Waals surface area contributed by atoms with Gasteiger partial charge in [-0.05, 0) is 54.4 Å². The van der Waals surface area contributed by atoms with Gasteiger partial charge in [0.05, 0.1) is 19.4 Å². The van der Waals surface area contributed by atoms with Crippen molar-refractivity contribution < 1.29 is 14.2 Å². The van der Waals surface area contributed by atoms with Gasteiger partial charge in [-0.3, -0.25) is 0 Å². The number of methoxy groups -OCH3 is 1. The lowest BCUT2D eigenvalue weighted by atomic mass is 10.0. The van der Waals surface area contributed by atoms with E-state index in [2.05, 4.69) is 21.2 Å². The van der Waals surface area contributed by atoms with Crippen molar-refractivity contribution in [3.8, 4) is 16.9 Å². The minimum atomic E-state index is -0.386. The Morgan fingerprint density at radius 2 is 1.89 bits per heavy atom. The number of aliphatic hydroxyl groups excluding tert-OH is 1. The first-order chi connectivity index (χ1) is 12.9. The number of ether oxygens (including phenoxy) is 1. The molecule has 0 aliphatic carbocycles. The van der Waals surface area contributed by atoms with Crippen molar-refractivity contribution in [2.45, 2.75) is 13.5 Å². The second-order valence-electron chi connectivity index (χ2n) is 6.08. The van der Waals surface area contributed by atoms with E-state index in [1.165, 1.54) is 13.2 Å². The van der Waals surface area contributed by atoms with Gasteiger partial charge < -0.3 is 15.2 Å². The third kappa shape index (κ3) is 4.26. The highest BCUT2D eigenvalue weighted by atomic mass is 79.9. The van der Waals surface area contributed by atoms with E-state index in [-0.39, 0.29) is 12.4 Å². The van der Waals surface area contributed by atoms with Crippen molar-refractivity contribution in [3.63, 3.8) is 0 Å². The van der Waals surface area contributed by atoms with E-state index in [1.54, 1.807) is 24.3 Å². The van der Waals surface area contributed by atoms with E-state index in [9.17, 15) is 9.50 Å². The summed E-state index contributed by atoms with van der Waals surface area (Å²) in [4.78, 5) is 0. The van der Waals surface area contributed by atoms with E-state index in [4.69, 9.17) is 16.3 Å². The minimum Gasteiger partial charge on any atom is -0.495 e. The first kappa shape index (κ1) is 19.7. The number of hydrogen-bond donors (Lipinski definition) is 2. The third-order valence-electron chi connectivity index (χ3n) is 4.27. The lowest BCUT2D eigenvalue weighted by molar-refractivity contribution is 0.282. The van der Waals surface area contributed by atoms with Crippen molar-refractivity contribution in [3.05, 3.63) is 75.0 Å². The van der Waals surface area contributed by atoms with Crippen LogP contribution in [0.4, 0.5) is 15.8 Å². The second-order valence-corrected chi connectivity index (χ2v) is 7.40. The molecule has 0 aromatic heterocycles. The summed E-state index contributed by atoms with van der Waals surface area (Å²) in [5, 5.41) is 13.3. The SMILES string of the molecule is COc1cc(-c2ccc(Cl)c(C)c2)c(F)cc1Nc1ccc(Br)cc1CO. The van der Waals surface area contributed by atoms with E-state index in [1.807, 2.05) is 25.1 Å². The van der Waals surface area contributed by atoms with Crippen LogP contribution in [0.1, 0.15) is 11.1 Å². The predicted octanol–water partition coefficient (Wildman–Crippen LogP) is 6.46. The Kier molecular flexibility index (Phi) is 6.05. The lowest BCUT2D eigenvalue weighted by Crippen LogP contribution is -2.00. The maximum Gasteiger partial charge on any atom is 0.143 e. The molecule has 0 bridgehead atoms. The maximum atomic E-state index is 14.8. The molecule has 0 amide bonds. The van der Waals surface area contributed by atoms with Gasteiger partial charge in [-0.15, -0.1) is 0 Å². The standard InChI is InChI=1S/C21H18BrClFNO2/c1-12-7-13(3-5-17(12)23)16-9-21(27-2)20(10-18(16)24)25-19-6-4-15(22)8-14(19)11-26/h3-10,25-26H,11H2,1-2H3. The molecule has 3 aromatic carbocycles. The monoisotopic (exact) mass is 449 g/mol. The van der Waals surface area contributed by atoms with Crippen molar-refractivity contribution >= 4 is 38.9 Å². The van der Waals surface area contributed by atoms with Gasteiger partial charge in [-0.2, -0.15) is 0 Å². The highest BCUT2D eigenvalue weighted by Crippen LogP contribution is 2.37. The van der Waals surface area contributed by atoms with Gasteiger partial charge >= 0.3 is 0 Å². The predicted molar refractivity (Wildman–Crippen MR) is 111 cm³/mol. The number of benzene rings is 3. The molecule has 0 saturated carbocycles. The number of halogens is 3. The van der Waals surface area contributed by atoms with Crippen molar-refractivity contribution in [2.75, 3.05) is 12.4 Å². The Morgan fingerprint density at radius 3 is 2.56 bits per heavy atom. The fraction of sp³-hybridized carbons (Fsp3) is 0.143. The molecule has 27 heavy (non-hydrogen) atoms. The van der Waals surface area contributed by atoms with Crippen LogP contribution in [0.15, 0.2) is 53.0 Å². The van der Waals surface area contributed by atoms with Gasteiger partial charge in [0.15, 0.2) is 0 Å². The van der Waals surface area contributed by atoms with Gasteiger partial charge in [0.2, 0.25) is 0 Å². The Bertz CT molecular complexity index is 994. The zero-order valence-electron chi connectivity index (χ0n) is 14.8. The molecule has 0 atom stereocenters. The molecule has 3 aromatic rings. The quantitative estimate of drug-likeness (QED) is 0.468. The number of nitrogens with one attached hydrogen (secondary N) is 1. The van der Waals surface area contributed by atoms with Crippen LogP contribution in [0.25, 0.3) is 11.1 Å². The van der Waals surface area contributed by atoms with Gasteiger partial charge in [0.1, 0.15) is 11.6 Å². The fourth-order valence-corrected chi connectivity index (χ4v) is 3.34. The van der Waals surface area contributed by atoms with Gasteiger partial charge in [-0.1, -0.05) is 33.6 Å². The summed E-state index contributed by atoms with van der Waals surface area (Å²) < 4.78 is 21.2. The maximum absolute atomic E-state index is 14.8. The molecule has 0 aliphatic heterocycles. The van der Waals surface area contributed by atoms with Crippen LogP contribution in [0.5, 0.6) is 5.75 Å². The number of rotatable bonds is 5. The lowest BCUT2D eigenvalue weighted by Gasteiger charge is -2.16. The summed E-state index contributed by atoms with van der Waals surface area (Å²) in [5.41, 5.74) is 3.85. The topological polar surface area (TPSA) is 41.5 Å². The Balaban J connectivity index is 2.03. The van der Waals surface area contributed by atoms with Crippen LogP contribution in [0.3, 0.4) is 0 Å². The van der Waals surface area contributed by atoms with Gasteiger partial charge in [0.25, 0.3) is 0 Å². The van der Waals surface area contributed by atoms with Crippen LogP contribution in [-0.2, 0) is 6.61 Å². The summed E-state index contributed by atoms with van der Waals surface area (Å²) >= 11 is 9.44. The van der Waals surface area contributed by atoms with Crippen LogP contribution >= 0.6 is 27.5 Å². The second kappa shape index (κ2) is 8.30. The summed E-state index contributed by atoms with van der Waals surface area (Å²) in [6.07, 6.45) is 0. The molecule has 0 saturated heterocycles. The fourth-order valence-electron chi connectivity index (χ4n) is 2.81. The molecule has 0 unspecified atom stereocenters. The van der Waals surface area contributed by atoms with Crippen molar-refractivity contribution in [2.24, 2.45) is 0 Å². The molecule has 0 heterocycles. The third-order valence-corrected chi connectivity index (χ3v) is 5.18. The molecule has 3 rings (SSSR count). The van der Waals surface area contributed by atoms with Crippen LogP contribution in [0, 0.1) is 12.7 Å². The van der Waals surface area contributed by atoms with Crippen molar-refractivity contribution in [1.82, 2.24) is 0 Å². The summed E-state index contributed by atoms with van der Waals surface area (Å²) in [5.74, 6) is 0.105. The van der Waals surface area contributed by atoms with E-state index < -0.39 is 0 Å². The average molecular weight is 451 g/mol. The number of anilines is 2. The summed E-state index contributed by atoms with van der Waals surface area (Å²) in [6, 6.07) is 13.9. The number of aryl methyl sites for hydroxylation is 1. The van der Waals surface area contributed by atoms with E-state index in [0.717, 1.165) is 15.6 Å². The molecule has 2 N–H and O–H groups in total. The van der Waals surface area contributed by atoms with Gasteiger partial charge in [-0.25, -0.2) is 4.39 Å². The normalized spacial score (nSPS) is 10.7. The zero-order chi connectivity index (χ0) is 19.6. The van der Waals surface area contributed by atoms with E-state index in [0.29, 0.717) is 33.3 Å². The Labute approximate surface area is 170 Å². The number of aliphatic hydroxyl groups is 1. The molecule has 6 heteroatoms. The van der Waals surface area contributed by atoms with Crippen LogP contribution < -0.4 is 10.1 Å². The smallest absolute Gasteiger partial charge is 0.143 e. The van der Waals surface area contributed by atoms with Crippen molar-refractivity contribution in [1.29, 1.82) is 0 Å². The van der Waals surface area contributed by atoms with Gasteiger partial charge in [0, 0.05) is 32.4 Å². The average Bonchev–Trinajstić information content (AvgIpc) is 2.65. The molecule has 0 radical (unpaired) electrons. The largest absolute Gasteiger partial charge is 0.495 e. The summed E-state index contributed by atoms with van der Waals surface area (Å²) in [6.45, 7) is 1.73. The summed E-state index contributed by atoms with van der Waals surface area (Å²) in [7, 11) is 1.53. The van der Waals surface area contributed by atoms with Crippen LogP contribution in [0.2, 0.25) is 5.02 Å². The molecule has 0 aliphatic rings. The zero-order valence-corrected chi connectivity index (χ0v) is 17.2.